The van der Waals surface area contributed by atoms with Crippen LogP contribution in [0.3, 0.4) is 0 Å². The summed E-state index contributed by atoms with van der Waals surface area (Å²) in [5.41, 5.74) is 3.34. The summed E-state index contributed by atoms with van der Waals surface area (Å²) in [4.78, 5) is 0. The van der Waals surface area contributed by atoms with Gasteiger partial charge in [-0.2, -0.15) is 0 Å². The normalized spacial score (nSPS) is 22.8. The Labute approximate surface area is 125 Å². The maximum Gasteiger partial charge on any atom is 0.0356 e. The zero-order valence-electron chi connectivity index (χ0n) is 11.8. The number of anilines is 1. The van der Waals surface area contributed by atoms with Crippen molar-refractivity contribution in [3.05, 3.63) is 28.2 Å². The Morgan fingerprint density at radius 2 is 1.74 bits per heavy atom. The van der Waals surface area contributed by atoms with Crippen LogP contribution in [0, 0.1) is 12.3 Å². The van der Waals surface area contributed by atoms with Gasteiger partial charge in [0.15, 0.2) is 0 Å². The molecular weight excluding hydrogens is 298 g/mol. The molecule has 1 spiro atoms. The predicted octanol–water partition coefficient (Wildman–Crippen LogP) is 5.67. The molecule has 1 aromatic rings. The van der Waals surface area contributed by atoms with Gasteiger partial charge in [-0.15, -0.1) is 0 Å². The highest BCUT2D eigenvalue weighted by Gasteiger charge is 2.37. The second-order valence-corrected chi connectivity index (χ2v) is 7.56. The first kappa shape index (κ1) is 13.5. The van der Waals surface area contributed by atoms with Crippen molar-refractivity contribution in [3.63, 3.8) is 0 Å². The van der Waals surface area contributed by atoms with Crippen LogP contribution in [0.2, 0.25) is 0 Å². The number of hydrogen-bond acceptors (Lipinski definition) is 1. The lowest BCUT2D eigenvalue weighted by Gasteiger charge is -2.38. The van der Waals surface area contributed by atoms with Gasteiger partial charge in [-0.25, -0.2) is 0 Å². The minimum absolute atomic E-state index is 0.680. The fourth-order valence-corrected chi connectivity index (χ4v) is 4.66. The molecule has 0 heterocycles. The molecule has 104 valence electrons. The molecule has 2 aliphatic rings. The Kier molecular flexibility index (Phi) is 3.88. The van der Waals surface area contributed by atoms with Gasteiger partial charge in [0.25, 0.3) is 0 Å². The van der Waals surface area contributed by atoms with Crippen molar-refractivity contribution in [1.29, 1.82) is 0 Å². The number of hydrogen-bond donors (Lipinski definition) is 1. The zero-order valence-corrected chi connectivity index (χ0v) is 13.4. The maximum atomic E-state index is 3.74. The van der Waals surface area contributed by atoms with E-state index >= 15 is 0 Å². The first-order valence-corrected chi connectivity index (χ1v) is 8.48. The molecule has 0 aliphatic heterocycles. The third kappa shape index (κ3) is 3.16. The summed E-state index contributed by atoms with van der Waals surface area (Å²) >= 11 is 3.59. The second-order valence-electron chi connectivity index (χ2n) is 6.64. The average molecular weight is 322 g/mol. The van der Waals surface area contributed by atoms with Gasteiger partial charge in [0.05, 0.1) is 0 Å². The van der Waals surface area contributed by atoms with Crippen LogP contribution in [-0.4, -0.2) is 6.04 Å². The minimum atomic E-state index is 0.680. The Morgan fingerprint density at radius 3 is 2.37 bits per heavy atom. The molecule has 1 N–H and O–H groups in total. The molecule has 0 amide bonds. The van der Waals surface area contributed by atoms with Gasteiger partial charge in [0.2, 0.25) is 0 Å². The molecule has 19 heavy (non-hydrogen) atoms. The molecule has 2 heteroatoms. The van der Waals surface area contributed by atoms with Crippen LogP contribution < -0.4 is 5.32 Å². The van der Waals surface area contributed by atoms with Crippen molar-refractivity contribution in [2.75, 3.05) is 5.32 Å². The molecule has 2 aliphatic carbocycles. The summed E-state index contributed by atoms with van der Waals surface area (Å²) in [6.45, 7) is 2.16. The number of benzene rings is 1. The topological polar surface area (TPSA) is 12.0 Å². The molecule has 0 atom stereocenters. The molecule has 3 rings (SSSR count). The van der Waals surface area contributed by atoms with Crippen LogP contribution in [0.4, 0.5) is 5.69 Å². The van der Waals surface area contributed by atoms with Crippen LogP contribution in [-0.2, 0) is 0 Å². The van der Waals surface area contributed by atoms with E-state index in [4.69, 9.17) is 0 Å². The summed E-state index contributed by atoms with van der Waals surface area (Å²) in [5.74, 6) is 0. The summed E-state index contributed by atoms with van der Waals surface area (Å²) in [5, 5.41) is 3.74. The van der Waals surface area contributed by atoms with Crippen LogP contribution in [0.25, 0.3) is 0 Å². The highest BCUT2D eigenvalue weighted by molar-refractivity contribution is 9.10. The Hall–Kier alpha value is -0.500. The Bertz CT molecular complexity index is 418. The van der Waals surface area contributed by atoms with Crippen LogP contribution in [0.5, 0.6) is 0 Å². The van der Waals surface area contributed by atoms with Crippen molar-refractivity contribution in [3.8, 4) is 0 Å². The summed E-state index contributed by atoms with van der Waals surface area (Å²) in [6, 6.07) is 7.30. The molecule has 0 bridgehead atoms. The van der Waals surface area contributed by atoms with E-state index < -0.39 is 0 Å². The predicted molar refractivity (Wildman–Crippen MR) is 85.7 cm³/mol. The molecule has 2 saturated carbocycles. The first-order valence-electron chi connectivity index (χ1n) is 7.69. The summed E-state index contributed by atoms with van der Waals surface area (Å²) in [6.07, 6.45) is 11.5. The molecule has 2 fully saturated rings. The first-order chi connectivity index (χ1) is 9.15. The number of aryl methyl sites for hydroxylation is 1. The average Bonchev–Trinajstić information content (AvgIpc) is 2.80. The largest absolute Gasteiger partial charge is 0.382 e. The van der Waals surface area contributed by atoms with Crippen LogP contribution >= 0.6 is 15.9 Å². The summed E-state index contributed by atoms with van der Waals surface area (Å²) in [7, 11) is 0. The van der Waals surface area contributed by atoms with E-state index in [2.05, 4.69) is 46.4 Å². The lowest BCUT2D eigenvalue weighted by Crippen LogP contribution is -2.31. The van der Waals surface area contributed by atoms with Crippen LogP contribution in [0.1, 0.15) is 56.9 Å². The van der Waals surface area contributed by atoms with Crippen molar-refractivity contribution in [2.45, 2.75) is 64.3 Å². The van der Waals surface area contributed by atoms with Crippen molar-refractivity contribution in [1.82, 2.24) is 0 Å². The van der Waals surface area contributed by atoms with E-state index in [1.165, 1.54) is 67.1 Å². The Balaban J connectivity index is 1.59. The molecule has 1 nitrogen and oxygen atoms in total. The second kappa shape index (κ2) is 5.47. The fraction of sp³-hybridized carbons (Fsp3) is 0.647. The smallest absolute Gasteiger partial charge is 0.0356 e. The summed E-state index contributed by atoms with van der Waals surface area (Å²) < 4.78 is 1.18. The quantitative estimate of drug-likeness (QED) is 0.739. The van der Waals surface area contributed by atoms with Crippen LogP contribution in [0.15, 0.2) is 22.7 Å². The van der Waals surface area contributed by atoms with E-state index in [0.717, 1.165) is 5.41 Å². The molecule has 0 radical (unpaired) electrons. The third-order valence-electron chi connectivity index (χ3n) is 5.12. The van der Waals surface area contributed by atoms with Gasteiger partial charge in [-0.1, -0.05) is 28.8 Å². The maximum absolute atomic E-state index is 3.74. The van der Waals surface area contributed by atoms with E-state index in [1.54, 1.807) is 0 Å². The van der Waals surface area contributed by atoms with Gasteiger partial charge in [-0.05, 0) is 74.6 Å². The highest BCUT2D eigenvalue weighted by Crippen LogP contribution is 2.49. The molecule has 0 unspecified atom stereocenters. The number of rotatable bonds is 2. The van der Waals surface area contributed by atoms with Gasteiger partial charge < -0.3 is 5.32 Å². The van der Waals surface area contributed by atoms with Gasteiger partial charge >= 0.3 is 0 Å². The fourth-order valence-electron chi connectivity index (χ4n) is 4.05. The third-order valence-corrected chi connectivity index (χ3v) is 5.58. The standard InChI is InChI=1S/C17H24BrN/c1-13-10-14(18)12-16(11-13)19-15-4-8-17(9-5-15)6-2-3-7-17/h10-12,15,19H,2-9H2,1H3. The monoisotopic (exact) mass is 321 g/mol. The molecular formula is C17H24BrN. The van der Waals surface area contributed by atoms with Crippen molar-refractivity contribution >= 4 is 21.6 Å². The zero-order chi connectivity index (χ0) is 13.3. The van der Waals surface area contributed by atoms with E-state index in [-0.39, 0.29) is 0 Å². The SMILES string of the molecule is Cc1cc(Br)cc(NC2CCC3(CCCC3)CC2)c1. The van der Waals surface area contributed by atoms with E-state index in [0.29, 0.717) is 6.04 Å². The van der Waals surface area contributed by atoms with Crippen molar-refractivity contribution < 1.29 is 0 Å². The van der Waals surface area contributed by atoms with E-state index in [9.17, 15) is 0 Å². The Morgan fingerprint density at radius 1 is 1.05 bits per heavy atom. The molecule has 1 aromatic carbocycles. The van der Waals surface area contributed by atoms with Crippen molar-refractivity contribution in [2.24, 2.45) is 5.41 Å². The van der Waals surface area contributed by atoms with Gasteiger partial charge in [0, 0.05) is 16.2 Å². The van der Waals surface area contributed by atoms with E-state index in [1.807, 2.05) is 0 Å². The number of halogens is 1. The van der Waals surface area contributed by atoms with Gasteiger partial charge in [0.1, 0.15) is 0 Å². The van der Waals surface area contributed by atoms with Gasteiger partial charge in [-0.3, -0.25) is 0 Å². The molecule has 0 saturated heterocycles. The number of nitrogens with one attached hydrogen (secondary N) is 1. The lowest BCUT2D eigenvalue weighted by atomic mass is 9.71. The molecule has 0 aromatic heterocycles. The highest BCUT2D eigenvalue weighted by atomic mass is 79.9. The lowest BCUT2D eigenvalue weighted by molar-refractivity contribution is 0.188. The minimum Gasteiger partial charge on any atom is -0.382 e.